The van der Waals surface area contributed by atoms with E-state index in [1.54, 1.807) is 0 Å². The molecule has 1 aliphatic rings. The van der Waals surface area contributed by atoms with Gasteiger partial charge in [0.2, 0.25) is 5.91 Å². The fraction of sp³-hybridized carbons (Fsp3) is 0.471. The molecular formula is C17H21N3OS. The van der Waals surface area contributed by atoms with Gasteiger partial charge in [-0.1, -0.05) is 30.0 Å². The molecule has 0 saturated heterocycles. The van der Waals surface area contributed by atoms with Gasteiger partial charge in [-0.3, -0.25) is 4.79 Å². The Morgan fingerprint density at radius 3 is 2.64 bits per heavy atom. The van der Waals surface area contributed by atoms with Crippen LogP contribution in [0.25, 0.3) is 10.9 Å². The lowest BCUT2D eigenvalue weighted by atomic mass is 10.2. The molecule has 1 saturated carbocycles. The highest BCUT2D eigenvalue weighted by molar-refractivity contribution is 8.00. The molecule has 1 amide bonds. The van der Waals surface area contributed by atoms with Gasteiger partial charge in [0, 0.05) is 17.3 Å². The molecule has 1 aromatic carbocycles. The predicted molar refractivity (Wildman–Crippen MR) is 90.1 cm³/mol. The second-order valence-electron chi connectivity index (χ2n) is 6.10. The van der Waals surface area contributed by atoms with Gasteiger partial charge in [-0.05, 0) is 39.7 Å². The van der Waals surface area contributed by atoms with Gasteiger partial charge in [0.15, 0.2) is 0 Å². The van der Waals surface area contributed by atoms with E-state index < -0.39 is 0 Å². The Labute approximate surface area is 135 Å². The summed E-state index contributed by atoms with van der Waals surface area (Å²) in [6.45, 7) is 5.87. The van der Waals surface area contributed by atoms with E-state index in [1.807, 2.05) is 45.0 Å². The van der Waals surface area contributed by atoms with Crippen LogP contribution in [0.3, 0.4) is 0 Å². The van der Waals surface area contributed by atoms with Crippen LogP contribution in [-0.4, -0.2) is 27.2 Å². The first-order chi connectivity index (χ1) is 10.5. The van der Waals surface area contributed by atoms with Crippen molar-refractivity contribution in [2.24, 2.45) is 0 Å². The minimum absolute atomic E-state index is 0.0515. The largest absolute Gasteiger partial charge is 0.353 e. The smallest absolute Gasteiger partial charge is 0.233 e. The molecule has 116 valence electrons. The Kier molecular flexibility index (Phi) is 4.34. The van der Waals surface area contributed by atoms with E-state index in [4.69, 9.17) is 4.98 Å². The molecule has 0 bridgehead atoms. The molecule has 3 rings (SSSR count). The summed E-state index contributed by atoms with van der Waals surface area (Å²) in [6.07, 6.45) is 2.34. The Morgan fingerprint density at radius 1 is 1.23 bits per heavy atom. The van der Waals surface area contributed by atoms with E-state index >= 15 is 0 Å². The lowest BCUT2D eigenvalue weighted by molar-refractivity contribution is -0.120. The maximum atomic E-state index is 12.1. The zero-order valence-corrected chi connectivity index (χ0v) is 14.0. The van der Waals surface area contributed by atoms with Gasteiger partial charge in [0.25, 0.3) is 0 Å². The number of fused-ring (bicyclic) bond motifs is 1. The molecular weight excluding hydrogens is 294 g/mol. The van der Waals surface area contributed by atoms with Crippen LogP contribution < -0.4 is 5.32 Å². The molecule has 0 radical (unpaired) electrons. The van der Waals surface area contributed by atoms with Gasteiger partial charge in [0.05, 0.1) is 10.8 Å². The number of nitrogens with zero attached hydrogens (tertiary/aromatic N) is 2. The third-order valence-electron chi connectivity index (χ3n) is 3.62. The summed E-state index contributed by atoms with van der Waals surface area (Å²) in [5, 5.41) is 4.73. The molecule has 1 aromatic heterocycles. The zero-order valence-electron chi connectivity index (χ0n) is 13.2. The normalized spacial score (nSPS) is 16.0. The van der Waals surface area contributed by atoms with Crippen molar-refractivity contribution in [2.45, 2.75) is 55.8 Å². The number of benzene rings is 1. The number of rotatable bonds is 5. The van der Waals surface area contributed by atoms with Crippen LogP contribution in [0, 0.1) is 0 Å². The number of hydrogen-bond acceptors (Lipinski definition) is 4. The van der Waals surface area contributed by atoms with Crippen LogP contribution in [0.4, 0.5) is 0 Å². The second kappa shape index (κ2) is 6.24. The molecule has 1 heterocycles. The number of carbonyl (C=O) groups excluding carboxylic acids is 1. The summed E-state index contributed by atoms with van der Waals surface area (Å²) in [4.78, 5) is 21.6. The van der Waals surface area contributed by atoms with Crippen LogP contribution in [0.15, 0.2) is 29.3 Å². The Balaban J connectivity index is 1.90. The highest BCUT2D eigenvalue weighted by Crippen LogP contribution is 2.40. The van der Waals surface area contributed by atoms with E-state index in [-0.39, 0.29) is 17.2 Å². The topological polar surface area (TPSA) is 54.9 Å². The predicted octanol–water partition coefficient (Wildman–Crippen LogP) is 3.51. The first kappa shape index (κ1) is 15.3. The summed E-state index contributed by atoms with van der Waals surface area (Å²) < 4.78 is 0. The van der Waals surface area contributed by atoms with Crippen LogP contribution >= 0.6 is 11.8 Å². The van der Waals surface area contributed by atoms with Gasteiger partial charge in [-0.2, -0.15) is 0 Å². The number of amides is 1. The minimum atomic E-state index is -0.173. The second-order valence-corrected chi connectivity index (χ2v) is 7.43. The molecule has 1 fully saturated rings. The first-order valence-electron chi connectivity index (χ1n) is 7.78. The summed E-state index contributed by atoms with van der Waals surface area (Å²) in [6, 6.07) is 8.19. The van der Waals surface area contributed by atoms with Gasteiger partial charge in [0.1, 0.15) is 10.9 Å². The first-order valence-corrected chi connectivity index (χ1v) is 8.66. The highest BCUT2D eigenvalue weighted by Gasteiger charge is 2.28. The molecule has 1 N–H and O–H groups in total. The van der Waals surface area contributed by atoms with Gasteiger partial charge in [-0.15, -0.1) is 0 Å². The van der Waals surface area contributed by atoms with Gasteiger partial charge < -0.3 is 5.32 Å². The van der Waals surface area contributed by atoms with Gasteiger partial charge in [-0.25, -0.2) is 9.97 Å². The molecule has 5 heteroatoms. The van der Waals surface area contributed by atoms with E-state index in [2.05, 4.69) is 10.3 Å². The average Bonchev–Trinajstić information content (AvgIpc) is 3.31. The number of carbonyl (C=O) groups is 1. The summed E-state index contributed by atoms with van der Waals surface area (Å²) in [7, 11) is 0. The van der Waals surface area contributed by atoms with Crippen molar-refractivity contribution in [1.29, 1.82) is 0 Å². The van der Waals surface area contributed by atoms with E-state index in [0.29, 0.717) is 5.92 Å². The summed E-state index contributed by atoms with van der Waals surface area (Å²) in [5.74, 6) is 1.48. The summed E-state index contributed by atoms with van der Waals surface area (Å²) >= 11 is 1.52. The Morgan fingerprint density at radius 2 is 1.95 bits per heavy atom. The maximum Gasteiger partial charge on any atom is 0.233 e. The number of thioether (sulfide) groups is 1. The number of hydrogen-bond donors (Lipinski definition) is 1. The van der Waals surface area contributed by atoms with E-state index in [1.165, 1.54) is 24.6 Å². The average molecular weight is 315 g/mol. The van der Waals surface area contributed by atoms with E-state index in [9.17, 15) is 4.79 Å². The SMILES string of the molecule is CC(C)NC(=O)[C@H](C)Sc1nc(C2CC2)nc2ccccc12. The Bertz CT molecular complexity index is 697. The molecule has 1 atom stereocenters. The summed E-state index contributed by atoms with van der Waals surface area (Å²) in [5.41, 5.74) is 0.971. The van der Waals surface area contributed by atoms with Gasteiger partial charge >= 0.3 is 0 Å². The maximum absolute atomic E-state index is 12.1. The fourth-order valence-corrected chi connectivity index (χ4v) is 3.26. The van der Waals surface area contributed by atoms with E-state index in [0.717, 1.165) is 21.8 Å². The molecule has 0 aliphatic heterocycles. The fourth-order valence-electron chi connectivity index (χ4n) is 2.30. The molecule has 2 aromatic rings. The van der Waals surface area contributed by atoms with Crippen LogP contribution in [0.2, 0.25) is 0 Å². The van der Waals surface area contributed by atoms with Crippen LogP contribution in [-0.2, 0) is 4.79 Å². The van der Waals surface area contributed by atoms with Crippen molar-refractivity contribution in [2.75, 3.05) is 0 Å². The molecule has 4 nitrogen and oxygen atoms in total. The standard InChI is InChI=1S/C17H21N3OS/c1-10(2)18-16(21)11(3)22-17-13-6-4-5-7-14(13)19-15(20-17)12-8-9-12/h4-7,10-12H,8-9H2,1-3H3,(H,18,21)/t11-/m0/s1. The lowest BCUT2D eigenvalue weighted by Crippen LogP contribution is -2.35. The Hall–Kier alpha value is -1.62. The van der Waals surface area contributed by atoms with Crippen LogP contribution in [0.5, 0.6) is 0 Å². The number of aromatic nitrogens is 2. The number of nitrogens with one attached hydrogen (secondary N) is 1. The molecule has 1 aliphatic carbocycles. The van der Waals surface area contributed by atoms with Crippen molar-refractivity contribution in [3.05, 3.63) is 30.1 Å². The third-order valence-corrected chi connectivity index (χ3v) is 4.72. The quantitative estimate of drug-likeness (QED) is 0.677. The van der Waals surface area contributed by atoms with Crippen molar-refractivity contribution in [3.63, 3.8) is 0 Å². The van der Waals surface area contributed by atoms with Crippen molar-refractivity contribution < 1.29 is 4.79 Å². The molecule has 0 unspecified atom stereocenters. The van der Waals surface area contributed by atoms with Crippen molar-refractivity contribution in [1.82, 2.24) is 15.3 Å². The van der Waals surface area contributed by atoms with Crippen LogP contribution in [0.1, 0.15) is 45.4 Å². The van der Waals surface area contributed by atoms with Crippen molar-refractivity contribution >= 4 is 28.6 Å². The number of para-hydroxylation sites is 1. The molecule has 22 heavy (non-hydrogen) atoms. The molecule has 0 spiro atoms. The van der Waals surface area contributed by atoms with Crippen molar-refractivity contribution in [3.8, 4) is 0 Å². The monoisotopic (exact) mass is 315 g/mol. The zero-order chi connectivity index (χ0) is 15.7. The lowest BCUT2D eigenvalue weighted by Gasteiger charge is -2.15. The minimum Gasteiger partial charge on any atom is -0.353 e. The third kappa shape index (κ3) is 3.40. The highest BCUT2D eigenvalue weighted by atomic mass is 32.2.